The van der Waals surface area contributed by atoms with Gasteiger partial charge in [0.15, 0.2) is 0 Å². The minimum absolute atomic E-state index is 0.140. The van der Waals surface area contributed by atoms with E-state index in [0.29, 0.717) is 31.1 Å². The quantitative estimate of drug-likeness (QED) is 0.716. The Morgan fingerprint density at radius 1 is 1.07 bits per heavy atom. The number of esters is 1. The fraction of sp³-hybridized carbons (Fsp3) is 0.333. The third kappa shape index (κ3) is 5.23. The van der Waals surface area contributed by atoms with Crippen molar-refractivity contribution in [1.82, 2.24) is 0 Å². The number of nitrogens with zero attached hydrogens (tertiary/aromatic N) is 1. The summed E-state index contributed by atoms with van der Waals surface area (Å²) in [4.78, 5) is 26.2. The van der Waals surface area contributed by atoms with E-state index >= 15 is 0 Å². The molecule has 0 radical (unpaired) electrons. The van der Waals surface area contributed by atoms with Crippen molar-refractivity contribution in [2.75, 3.05) is 55.0 Å². The fourth-order valence-corrected chi connectivity index (χ4v) is 2.99. The van der Waals surface area contributed by atoms with Crippen molar-refractivity contribution in [3.8, 4) is 0 Å². The van der Waals surface area contributed by atoms with Crippen LogP contribution in [0.4, 0.5) is 17.1 Å². The van der Waals surface area contributed by atoms with Gasteiger partial charge in [0.1, 0.15) is 0 Å². The van der Waals surface area contributed by atoms with E-state index in [-0.39, 0.29) is 18.4 Å². The number of ether oxygens (including phenoxy) is 2. The van der Waals surface area contributed by atoms with Crippen molar-refractivity contribution in [2.24, 2.45) is 0 Å². The van der Waals surface area contributed by atoms with Gasteiger partial charge in [-0.2, -0.15) is 0 Å². The Hall–Kier alpha value is -3.06. The number of hydrogen-bond donors (Lipinski definition) is 2. The van der Waals surface area contributed by atoms with Crippen LogP contribution >= 0.6 is 0 Å². The van der Waals surface area contributed by atoms with Crippen molar-refractivity contribution in [3.63, 3.8) is 0 Å². The van der Waals surface area contributed by atoms with Gasteiger partial charge in [0.2, 0.25) is 5.91 Å². The Labute approximate surface area is 164 Å². The zero-order chi connectivity index (χ0) is 19.8. The SMILES string of the molecule is CCOC(=O)c1ccc(NC(=O)CNc2ccccc2N2CCOCC2)cc1. The molecule has 1 saturated heterocycles. The average molecular weight is 383 g/mol. The molecule has 7 heteroatoms. The zero-order valence-electron chi connectivity index (χ0n) is 15.9. The van der Waals surface area contributed by atoms with Gasteiger partial charge in [0.05, 0.1) is 43.3 Å². The molecule has 0 spiro atoms. The number of amides is 1. The molecule has 28 heavy (non-hydrogen) atoms. The maximum Gasteiger partial charge on any atom is 0.338 e. The highest BCUT2D eigenvalue weighted by Gasteiger charge is 2.15. The van der Waals surface area contributed by atoms with Gasteiger partial charge in [-0.1, -0.05) is 12.1 Å². The number of anilines is 3. The van der Waals surface area contributed by atoms with Gasteiger partial charge in [-0.3, -0.25) is 4.79 Å². The molecule has 148 valence electrons. The van der Waals surface area contributed by atoms with Crippen molar-refractivity contribution in [1.29, 1.82) is 0 Å². The van der Waals surface area contributed by atoms with Crippen LogP contribution < -0.4 is 15.5 Å². The number of nitrogens with one attached hydrogen (secondary N) is 2. The molecule has 7 nitrogen and oxygen atoms in total. The van der Waals surface area contributed by atoms with Crippen LogP contribution in [0, 0.1) is 0 Å². The Kier molecular flexibility index (Phi) is 6.86. The number of hydrogen-bond acceptors (Lipinski definition) is 6. The van der Waals surface area contributed by atoms with Crippen LogP contribution in [0.5, 0.6) is 0 Å². The monoisotopic (exact) mass is 383 g/mol. The molecular formula is C21H25N3O4. The molecule has 1 heterocycles. The first-order valence-electron chi connectivity index (χ1n) is 9.40. The van der Waals surface area contributed by atoms with E-state index in [1.54, 1.807) is 31.2 Å². The first-order chi connectivity index (χ1) is 13.7. The van der Waals surface area contributed by atoms with Gasteiger partial charge in [-0.25, -0.2) is 4.79 Å². The van der Waals surface area contributed by atoms with Crippen molar-refractivity contribution in [2.45, 2.75) is 6.92 Å². The number of carbonyl (C=O) groups excluding carboxylic acids is 2. The summed E-state index contributed by atoms with van der Waals surface area (Å²) in [6.07, 6.45) is 0. The molecule has 1 aliphatic rings. The summed E-state index contributed by atoms with van der Waals surface area (Å²) in [7, 11) is 0. The molecule has 3 rings (SSSR count). The van der Waals surface area contributed by atoms with E-state index in [1.807, 2.05) is 24.3 Å². The molecule has 0 saturated carbocycles. The lowest BCUT2D eigenvalue weighted by molar-refractivity contribution is -0.114. The van der Waals surface area contributed by atoms with Crippen molar-refractivity contribution >= 4 is 28.9 Å². The van der Waals surface area contributed by atoms with Gasteiger partial charge < -0.3 is 25.0 Å². The molecule has 0 unspecified atom stereocenters. The second-order valence-corrected chi connectivity index (χ2v) is 6.32. The predicted octanol–water partition coefficient (Wildman–Crippen LogP) is 2.75. The highest BCUT2D eigenvalue weighted by atomic mass is 16.5. The van der Waals surface area contributed by atoms with E-state index in [9.17, 15) is 9.59 Å². The van der Waals surface area contributed by atoms with Gasteiger partial charge >= 0.3 is 5.97 Å². The summed E-state index contributed by atoms with van der Waals surface area (Å²) in [5.74, 6) is -0.539. The van der Waals surface area contributed by atoms with Crippen molar-refractivity contribution < 1.29 is 19.1 Å². The third-order valence-corrected chi connectivity index (χ3v) is 4.38. The molecule has 2 N–H and O–H groups in total. The van der Waals surface area contributed by atoms with Crippen molar-refractivity contribution in [3.05, 3.63) is 54.1 Å². The zero-order valence-corrected chi connectivity index (χ0v) is 15.9. The second kappa shape index (κ2) is 9.75. The van der Waals surface area contributed by atoms with Crippen LogP contribution in [0.1, 0.15) is 17.3 Å². The fourth-order valence-electron chi connectivity index (χ4n) is 2.99. The number of morpholine rings is 1. The summed E-state index contributed by atoms with van der Waals surface area (Å²) in [6, 6.07) is 14.6. The topological polar surface area (TPSA) is 79.9 Å². The largest absolute Gasteiger partial charge is 0.462 e. The van der Waals surface area contributed by atoms with Crippen LogP contribution in [0.2, 0.25) is 0 Å². The molecule has 2 aromatic rings. The maximum atomic E-state index is 12.3. The summed E-state index contributed by atoms with van der Waals surface area (Å²) in [5, 5.41) is 6.03. The van der Waals surface area contributed by atoms with E-state index in [0.717, 1.165) is 24.5 Å². The van der Waals surface area contributed by atoms with Crippen LogP contribution in [-0.4, -0.2) is 51.3 Å². The summed E-state index contributed by atoms with van der Waals surface area (Å²) >= 11 is 0. The normalized spacial score (nSPS) is 13.7. The van der Waals surface area contributed by atoms with Crippen LogP contribution in [0.3, 0.4) is 0 Å². The molecule has 0 atom stereocenters. The molecule has 1 aliphatic heterocycles. The highest BCUT2D eigenvalue weighted by molar-refractivity contribution is 5.95. The van der Waals surface area contributed by atoms with E-state index in [1.165, 1.54) is 0 Å². The first-order valence-corrected chi connectivity index (χ1v) is 9.40. The lowest BCUT2D eigenvalue weighted by Gasteiger charge is -2.30. The Balaban J connectivity index is 1.55. The lowest BCUT2D eigenvalue weighted by Crippen LogP contribution is -2.36. The number of para-hydroxylation sites is 2. The van der Waals surface area contributed by atoms with Gasteiger partial charge in [-0.15, -0.1) is 0 Å². The molecule has 0 aromatic heterocycles. The summed E-state index contributed by atoms with van der Waals surface area (Å²) in [5.41, 5.74) is 3.06. The molecule has 0 aliphatic carbocycles. The second-order valence-electron chi connectivity index (χ2n) is 6.32. The van der Waals surface area contributed by atoms with E-state index in [4.69, 9.17) is 9.47 Å². The Morgan fingerprint density at radius 2 is 1.79 bits per heavy atom. The minimum Gasteiger partial charge on any atom is -0.462 e. The summed E-state index contributed by atoms with van der Waals surface area (Å²) < 4.78 is 10.4. The van der Waals surface area contributed by atoms with Crippen LogP contribution in [0.25, 0.3) is 0 Å². The molecule has 2 aromatic carbocycles. The van der Waals surface area contributed by atoms with Gasteiger partial charge in [0, 0.05) is 18.8 Å². The average Bonchev–Trinajstić information content (AvgIpc) is 2.74. The smallest absolute Gasteiger partial charge is 0.338 e. The minimum atomic E-state index is -0.373. The highest BCUT2D eigenvalue weighted by Crippen LogP contribution is 2.26. The number of benzene rings is 2. The molecule has 1 fully saturated rings. The molecular weight excluding hydrogens is 358 g/mol. The molecule has 0 bridgehead atoms. The first kappa shape index (κ1) is 19.7. The maximum absolute atomic E-state index is 12.3. The van der Waals surface area contributed by atoms with E-state index in [2.05, 4.69) is 15.5 Å². The lowest BCUT2D eigenvalue weighted by atomic mass is 10.2. The number of rotatable bonds is 7. The predicted molar refractivity (Wildman–Crippen MR) is 109 cm³/mol. The summed E-state index contributed by atoms with van der Waals surface area (Å²) in [6.45, 7) is 5.30. The Bertz CT molecular complexity index is 802. The Morgan fingerprint density at radius 3 is 2.50 bits per heavy atom. The number of carbonyl (C=O) groups is 2. The van der Waals surface area contributed by atoms with Gasteiger partial charge in [0.25, 0.3) is 0 Å². The van der Waals surface area contributed by atoms with Gasteiger partial charge in [-0.05, 0) is 43.3 Å². The van der Waals surface area contributed by atoms with Crippen LogP contribution in [0.15, 0.2) is 48.5 Å². The molecule has 1 amide bonds. The standard InChI is InChI=1S/C21H25N3O4/c1-2-28-21(26)16-7-9-17(10-8-16)23-20(25)15-22-18-5-3-4-6-19(18)24-11-13-27-14-12-24/h3-10,22H,2,11-15H2,1H3,(H,23,25). The third-order valence-electron chi connectivity index (χ3n) is 4.38. The van der Waals surface area contributed by atoms with Crippen LogP contribution in [-0.2, 0) is 14.3 Å². The van der Waals surface area contributed by atoms with E-state index < -0.39 is 0 Å².